The Morgan fingerprint density at radius 1 is 1.24 bits per heavy atom. The molecule has 0 bridgehead atoms. The molecule has 2 aromatic rings. The number of rotatable bonds is 9. The molecule has 3 rings (SSSR count). The molecule has 29 heavy (non-hydrogen) atoms. The van der Waals surface area contributed by atoms with Gasteiger partial charge < -0.3 is 9.47 Å². The first-order valence-electron chi connectivity index (χ1n) is 9.59. The first-order chi connectivity index (χ1) is 13.7. The number of aromatic nitrogens is 1. The second-order valence-corrected chi connectivity index (χ2v) is 10.0. The van der Waals surface area contributed by atoms with Gasteiger partial charge in [0, 0.05) is 36.5 Å². The quantitative estimate of drug-likeness (QED) is 0.572. The highest BCUT2D eigenvalue weighted by molar-refractivity contribution is 7.89. The predicted molar refractivity (Wildman–Crippen MR) is 114 cm³/mol. The number of sulfonamides is 1. The van der Waals surface area contributed by atoms with Gasteiger partial charge in [-0.05, 0) is 49.6 Å². The summed E-state index contributed by atoms with van der Waals surface area (Å²) in [5.74, 6) is -0.205. The molecule has 1 aromatic carbocycles. The molecule has 0 atom stereocenters. The maximum absolute atomic E-state index is 13.2. The van der Waals surface area contributed by atoms with E-state index in [2.05, 4.69) is 0 Å². The Balaban J connectivity index is 1.84. The summed E-state index contributed by atoms with van der Waals surface area (Å²) >= 11 is 12.1. The van der Waals surface area contributed by atoms with Crippen LogP contribution in [-0.4, -0.2) is 47.2 Å². The van der Waals surface area contributed by atoms with Gasteiger partial charge in [-0.25, -0.2) is 8.42 Å². The Hall–Kier alpha value is -1.54. The second-order valence-electron chi connectivity index (χ2n) is 7.28. The molecule has 0 saturated heterocycles. The van der Waals surface area contributed by atoms with Crippen molar-refractivity contribution in [1.82, 2.24) is 13.8 Å². The smallest absolute Gasteiger partial charge is 0.245 e. The maximum Gasteiger partial charge on any atom is 0.245 e. The molecule has 0 spiro atoms. The van der Waals surface area contributed by atoms with Crippen molar-refractivity contribution in [2.45, 2.75) is 43.7 Å². The van der Waals surface area contributed by atoms with Gasteiger partial charge in [0.05, 0.1) is 18.1 Å². The van der Waals surface area contributed by atoms with Gasteiger partial charge in [0.15, 0.2) is 0 Å². The van der Waals surface area contributed by atoms with Crippen molar-refractivity contribution in [3.63, 3.8) is 0 Å². The van der Waals surface area contributed by atoms with Crippen LogP contribution >= 0.6 is 23.2 Å². The van der Waals surface area contributed by atoms with Crippen LogP contribution in [0, 0.1) is 0 Å². The average Bonchev–Trinajstić information content (AvgIpc) is 3.43. The number of hydrogen-bond donors (Lipinski definition) is 0. The minimum Gasteiger partial charge on any atom is -0.353 e. The first-order valence-corrected chi connectivity index (χ1v) is 11.8. The fraction of sp³-hybridized carbons (Fsp3) is 0.450. The third kappa shape index (κ3) is 5.15. The SMILES string of the molecule is CCCN(CC(=O)N(Cc1cccn1C)C1CC1)S(=O)(=O)c1cc(Cl)ccc1Cl. The molecular formula is C20H25Cl2N3O3S. The summed E-state index contributed by atoms with van der Waals surface area (Å²) in [6.45, 7) is 2.33. The third-order valence-corrected chi connectivity index (χ3v) is 7.55. The molecule has 0 N–H and O–H groups in total. The van der Waals surface area contributed by atoms with E-state index in [1.165, 1.54) is 22.5 Å². The van der Waals surface area contributed by atoms with E-state index in [1.54, 1.807) is 4.90 Å². The lowest BCUT2D eigenvalue weighted by molar-refractivity contribution is -0.132. The van der Waals surface area contributed by atoms with Gasteiger partial charge in [0.1, 0.15) is 4.90 Å². The lowest BCUT2D eigenvalue weighted by Gasteiger charge is -2.27. The molecule has 1 aliphatic carbocycles. The van der Waals surface area contributed by atoms with Crippen LogP contribution < -0.4 is 0 Å². The molecule has 1 amide bonds. The van der Waals surface area contributed by atoms with Crippen LogP contribution in [0.4, 0.5) is 0 Å². The topological polar surface area (TPSA) is 62.6 Å². The van der Waals surface area contributed by atoms with E-state index < -0.39 is 10.0 Å². The molecule has 1 aromatic heterocycles. The molecule has 6 nitrogen and oxygen atoms in total. The Kier molecular flexibility index (Phi) is 6.94. The van der Waals surface area contributed by atoms with Crippen LogP contribution in [0.25, 0.3) is 0 Å². The summed E-state index contributed by atoms with van der Waals surface area (Å²) in [5.41, 5.74) is 1.01. The molecule has 1 fully saturated rings. The molecule has 0 radical (unpaired) electrons. The fourth-order valence-corrected chi connectivity index (χ4v) is 5.45. The van der Waals surface area contributed by atoms with Crippen molar-refractivity contribution < 1.29 is 13.2 Å². The van der Waals surface area contributed by atoms with E-state index in [9.17, 15) is 13.2 Å². The first kappa shape index (κ1) is 22.2. The molecule has 1 saturated carbocycles. The highest BCUT2D eigenvalue weighted by Crippen LogP contribution is 2.30. The highest BCUT2D eigenvalue weighted by atomic mass is 35.5. The zero-order valence-corrected chi connectivity index (χ0v) is 18.8. The summed E-state index contributed by atoms with van der Waals surface area (Å²) in [4.78, 5) is 14.8. The van der Waals surface area contributed by atoms with Crippen molar-refractivity contribution in [3.8, 4) is 0 Å². The van der Waals surface area contributed by atoms with Gasteiger partial charge in [0.25, 0.3) is 0 Å². The zero-order chi connectivity index (χ0) is 21.2. The highest BCUT2D eigenvalue weighted by Gasteiger charge is 2.36. The van der Waals surface area contributed by atoms with Crippen LogP contribution in [0.5, 0.6) is 0 Å². The standard InChI is InChI=1S/C20H25Cl2N3O3S/c1-3-10-24(29(27,28)19-12-15(21)6-9-18(19)22)14-20(26)25(16-7-8-16)13-17-5-4-11-23(17)2/h4-6,9,11-12,16H,3,7-8,10,13-14H2,1-2H3. The molecule has 1 heterocycles. The van der Waals surface area contributed by atoms with Gasteiger partial charge in [-0.2, -0.15) is 4.31 Å². The Morgan fingerprint density at radius 2 is 1.97 bits per heavy atom. The Morgan fingerprint density at radius 3 is 2.55 bits per heavy atom. The average molecular weight is 458 g/mol. The van der Waals surface area contributed by atoms with E-state index in [-0.39, 0.29) is 40.0 Å². The van der Waals surface area contributed by atoms with E-state index >= 15 is 0 Å². The summed E-state index contributed by atoms with van der Waals surface area (Å²) in [6.07, 6.45) is 4.39. The molecule has 9 heteroatoms. The minimum absolute atomic E-state index is 0.0756. The number of carbonyl (C=O) groups is 1. The van der Waals surface area contributed by atoms with Gasteiger partial charge in [-0.1, -0.05) is 30.1 Å². The Labute approximate surface area is 182 Å². The van der Waals surface area contributed by atoms with Gasteiger partial charge in [0.2, 0.25) is 15.9 Å². The Bertz CT molecular complexity index is 987. The van der Waals surface area contributed by atoms with Crippen molar-refractivity contribution in [2.75, 3.05) is 13.1 Å². The molecule has 0 aliphatic heterocycles. The van der Waals surface area contributed by atoms with Crippen molar-refractivity contribution in [3.05, 3.63) is 52.3 Å². The fourth-order valence-electron chi connectivity index (χ4n) is 3.23. The van der Waals surface area contributed by atoms with Gasteiger partial charge in [-0.3, -0.25) is 4.79 Å². The van der Waals surface area contributed by atoms with Crippen LogP contribution in [0.3, 0.4) is 0 Å². The monoisotopic (exact) mass is 457 g/mol. The molecule has 0 unspecified atom stereocenters. The molecule has 158 valence electrons. The summed E-state index contributed by atoms with van der Waals surface area (Å²) < 4.78 is 29.6. The number of benzene rings is 1. The number of nitrogens with zero attached hydrogens (tertiary/aromatic N) is 3. The predicted octanol–water partition coefficient (Wildman–Crippen LogP) is 3.92. The van der Waals surface area contributed by atoms with Crippen LogP contribution in [0.15, 0.2) is 41.4 Å². The number of amides is 1. The lowest BCUT2D eigenvalue weighted by atomic mass is 10.3. The number of hydrogen-bond acceptors (Lipinski definition) is 3. The van der Waals surface area contributed by atoms with E-state index in [0.717, 1.165) is 18.5 Å². The van der Waals surface area contributed by atoms with Crippen molar-refractivity contribution in [1.29, 1.82) is 0 Å². The zero-order valence-electron chi connectivity index (χ0n) is 16.5. The van der Waals surface area contributed by atoms with Gasteiger partial charge >= 0.3 is 0 Å². The summed E-state index contributed by atoms with van der Waals surface area (Å²) in [7, 11) is -2.03. The summed E-state index contributed by atoms with van der Waals surface area (Å²) in [6, 6.07) is 8.38. The number of halogens is 2. The normalized spacial score (nSPS) is 14.4. The summed E-state index contributed by atoms with van der Waals surface area (Å²) in [5, 5.41) is 0.366. The van der Waals surface area contributed by atoms with Gasteiger partial charge in [-0.15, -0.1) is 0 Å². The maximum atomic E-state index is 13.2. The van der Waals surface area contributed by atoms with Crippen molar-refractivity contribution in [2.24, 2.45) is 7.05 Å². The van der Waals surface area contributed by atoms with Crippen LogP contribution in [-0.2, 0) is 28.4 Å². The second kappa shape index (κ2) is 9.08. The van der Waals surface area contributed by atoms with E-state index in [4.69, 9.17) is 23.2 Å². The molecule has 1 aliphatic rings. The van der Waals surface area contributed by atoms with E-state index in [1.807, 2.05) is 36.9 Å². The number of aryl methyl sites for hydroxylation is 1. The van der Waals surface area contributed by atoms with Crippen LogP contribution in [0.2, 0.25) is 10.0 Å². The number of carbonyl (C=O) groups excluding carboxylic acids is 1. The van der Waals surface area contributed by atoms with Crippen molar-refractivity contribution >= 4 is 39.1 Å². The largest absolute Gasteiger partial charge is 0.353 e. The minimum atomic E-state index is -3.96. The lowest BCUT2D eigenvalue weighted by Crippen LogP contribution is -2.44. The van der Waals surface area contributed by atoms with Crippen LogP contribution in [0.1, 0.15) is 31.9 Å². The third-order valence-electron chi connectivity index (χ3n) is 4.99. The van der Waals surface area contributed by atoms with E-state index in [0.29, 0.717) is 13.0 Å². The molecular weight excluding hydrogens is 433 g/mol.